The van der Waals surface area contributed by atoms with E-state index in [2.05, 4.69) is 12.2 Å². The van der Waals surface area contributed by atoms with Crippen molar-refractivity contribution < 1.29 is 8.78 Å². The summed E-state index contributed by atoms with van der Waals surface area (Å²) in [4.78, 5) is 0. The van der Waals surface area contributed by atoms with Crippen LogP contribution in [0.15, 0.2) is 18.2 Å². The zero-order valence-corrected chi connectivity index (χ0v) is 11.0. The van der Waals surface area contributed by atoms with Gasteiger partial charge in [-0.25, -0.2) is 8.78 Å². The fourth-order valence-electron chi connectivity index (χ4n) is 3.10. The van der Waals surface area contributed by atoms with Gasteiger partial charge in [-0.15, -0.1) is 0 Å². The third kappa shape index (κ3) is 2.89. The molecule has 0 saturated heterocycles. The highest BCUT2D eigenvalue weighted by Crippen LogP contribution is 2.40. The Hall–Kier alpha value is -0.960. The molecule has 3 atom stereocenters. The minimum atomic E-state index is -0.757. The maximum Gasteiger partial charge on any atom is 0.159 e. The fourth-order valence-corrected chi connectivity index (χ4v) is 3.10. The Bertz CT molecular complexity index is 405. The van der Waals surface area contributed by atoms with E-state index in [1.807, 2.05) is 7.05 Å². The van der Waals surface area contributed by atoms with E-state index >= 15 is 0 Å². The van der Waals surface area contributed by atoms with E-state index in [9.17, 15) is 8.78 Å². The molecule has 1 aromatic carbocycles. The van der Waals surface area contributed by atoms with Gasteiger partial charge in [0.1, 0.15) is 0 Å². The molecular formula is C15H21F2N. The van der Waals surface area contributed by atoms with Gasteiger partial charge in [0, 0.05) is 0 Å². The van der Waals surface area contributed by atoms with Crippen molar-refractivity contribution in [2.75, 3.05) is 13.6 Å². The van der Waals surface area contributed by atoms with Crippen molar-refractivity contribution in [3.05, 3.63) is 35.4 Å². The van der Waals surface area contributed by atoms with Gasteiger partial charge in [0.2, 0.25) is 0 Å². The van der Waals surface area contributed by atoms with Gasteiger partial charge >= 0.3 is 0 Å². The molecule has 1 nitrogen and oxygen atoms in total. The van der Waals surface area contributed by atoms with Gasteiger partial charge in [0.25, 0.3) is 0 Å². The first-order chi connectivity index (χ1) is 8.61. The number of hydrogen-bond acceptors (Lipinski definition) is 1. The zero-order chi connectivity index (χ0) is 13.1. The Kier molecular flexibility index (Phi) is 4.33. The van der Waals surface area contributed by atoms with Crippen molar-refractivity contribution in [1.82, 2.24) is 5.32 Å². The first-order valence-electron chi connectivity index (χ1n) is 6.71. The lowest BCUT2D eigenvalue weighted by atomic mass is 9.71. The third-order valence-corrected chi connectivity index (χ3v) is 4.09. The summed E-state index contributed by atoms with van der Waals surface area (Å²) >= 11 is 0. The van der Waals surface area contributed by atoms with E-state index in [0.29, 0.717) is 17.8 Å². The van der Waals surface area contributed by atoms with Gasteiger partial charge in [-0.05, 0) is 61.9 Å². The minimum absolute atomic E-state index is 0.344. The van der Waals surface area contributed by atoms with Crippen LogP contribution in [0.25, 0.3) is 0 Å². The molecule has 1 saturated carbocycles. The molecule has 0 aromatic heterocycles. The fraction of sp³-hybridized carbons (Fsp3) is 0.600. The molecule has 0 heterocycles. The van der Waals surface area contributed by atoms with Crippen LogP contribution in [0, 0.1) is 23.5 Å². The van der Waals surface area contributed by atoms with Crippen LogP contribution in [-0.2, 0) is 0 Å². The molecule has 1 aromatic rings. The van der Waals surface area contributed by atoms with Crippen LogP contribution >= 0.6 is 0 Å². The number of hydrogen-bond donors (Lipinski definition) is 1. The molecule has 1 aliphatic rings. The van der Waals surface area contributed by atoms with Crippen LogP contribution in [0.5, 0.6) is 0 Å². The van der Waals surface area contributed by atoms with Gasteiger partial charge in [-0.3, -0.25) is 0 Å². The highest BCUT2D eigenvalue weighted by molar-refractivity contribution is 5.23. The molecule has 0 aliphatic heterocycles. The standard InChI is InChI=1S/C15H21F2N/c1-10-3-4-12(9-18-2)13(7-10)11-5-6-14(16)15(17)8-11/h5-6,8,10,12-13,18H,3-4,7,9H2,1-2H3. The Morgan fingerprint density at radius 3 is 2.67 bits per heavy atom. The highest BCUT2D eigenvalue weighted by Gasteiger charge is 2.29. The van der Waals surface area contributed by atoms with E-state index in [1.165, 1.54) is 18.6 Å². The molecule has 0 amide bonds. The maximum absolute atomic E-state index is 13.4. The Morgan fingerprint density at radius 2 is 2.00 bits per heavy atom. The molecule has 2 rings (SSSR count). The molecule has 0 bridgehead atoms. The predicted molar refractivity (Wildman–Crippen MR) is 69.5 cm³/mol. The summed E-state index contributed by atoms with van der Waals surface area (Å²) in [5, 5.41) is 3.21. The summed E-state index contributed by atoms with van der Waals surface area (Å²) in [5.74, 6) is 0.0466. The van der Waals surface area contributed by atoms with Crippen molar-refractivity contribution in [1.29, 1.82) is 0 Å². The monoisotopic (exact) mass is 253 g/mol. The summed E-state index contributed by atoms with van der Waals surface area (Å²) in [6.45, 7) is 3.18. The quantitative estimate of drug-likeness (QED) is 0.866. The molecular weight excluding hydrogens is 232 g/mol. The predicted octanol–water partition coefficient (Wildman–Crippen LogP) is 3.70. The average molecular weight is 253 g/mol. The smallest absolute Gasteiger partial charge is 0.159 e. The van der Waals surface area contributed by atoms with Crippen LogP contribution in [0.2, 0.25) is 0 Å². The second-order valence-electron chi connectivity index (χ2n) is 5.52. The van der Waals surface area contributed by atoms with Crippen LogP contribution in [0.3, 0.4) is 0 Å². The summed E-state index contributed by atoms with van der Waals surface area (Å²) in [6.07, 6.45) is 3.45. The topological polar surface area (TPSA) is 12.0 Å². The van der Waals surface area contributed by atoms with E-state index in [4.69, 9.17) is 0 Å². The summed E-state index contributed by atoms with van der Waals surface area (Å²) < 4.78 is 26.4. The van der Waals surface area contributed by atoms with Crippen molar-refractivity contribution >= 4 is 0 Å². The first kappa shape index (κ1) is 13.5. The molecule has 0 spiro atoms. The van der Waals surface area contributed by atoms with E-state index < -0.39 is 11.6 Å². The van der Waals surface area contributed by atoms with Crippen LogP contribution in [-0.4, -0.2) is 13.6 Å². The van der Waals surface area contributed by atoms with Gasteiger partial charge in [0.05, 0.1) is 0 Å². The molecule has 1 N–H and O–H groups in total. The van der Waals surface area contributed by atoms with Crippen molar-refractivity contribution in [3.8, 4) is 0 Å². The summed E-state index contributed by atoms with van der Waals surface area (Å²) in [7, 11) is 1.94. The van der Waals surface area contributed by atoms with Crippen molar-refractivity contribution in [2.24, 2.45) is 11.8 Å². The molecule has 0 radical (unpaired) electrons. The molecule has 3 heteroatoms. The number of benzene rings is 1. The number of rotatable bonds is 3. The van der Waals surface area contributed by atoms with Crippen LogP contribution in [0.4, 0.5) is 8.78 Å². The SMILES string of the molecule is CNCC1CCC(C)CC1c1ccc(F)c(F)c1. The maximum atomic E-state index is 13.4. The second kappa shape index (κ2) is 5.79. The first-order valence-corrected chi connectivity index (χ1v) is 6.71. The van der Waals surface area contributed by atoms with Gasteiger partial charge < -0.3 is 5.32 Å². The van der Waals surface area contributed by atoms with E-state index in [-0.39, 0.29) is 0 Å². The Morgan fingerprint density at radius 1 is 1.22 bits per heavy atom. The lowest BCUT2D eigenvalue weighted by Gasteiger charge is -2.35. The van der Waals surface area contributed by atoms with Gasteiger partial charge in [0.15, 0.2) is 11.6 Å². The van der Waals surface area contributed by atoms with Gasteiger partial charge in [-0.2, -0.15) is 0 Å². The number of nitrogens with one attached hydrogen (secondary N) is 1. The van der Waals surface area contributed by atoms with Gasteiger partial charge in [-0.1, -0.05) is 19.4 Å². The molecule has 3 unspecified atom stereocenters. The average Bonchev–Trinajstić information content (AvgIpc) is 2.35. The lowest BCUT2D eigenvalue weighted by Crippen LogP contribution is -2.30. The number of halogens is 2. The van der Waals surface area contributed by atoms with E-state index in [0.717, 1.165) is 24.9 Å². The largest absolute Gasteiger partial charge is 0.319 e. The molecule has 100 valence electrons. The third-order valence-electron chi connectivity index (χ3n) is 4.09. The van der Waals surface area contributed by atoms with Crippen molar-refractivity contribution in [2.45, 2.75) is 32.1 Å². The second-order valence-corrected chi connectivity index (χ2v) is 5.52. The Labute approximate surface area is 108 Å². The summed E-state index contributed by atoms with van der Waals surface area (Å²) in [6, 6.07) is 4.37. The molecule has 1 aliphatic carbocycles. The summed E-state index contributed by atoms with van der Waals surface area (Å²) in [5.41, 5.74) is 0.945. The van der Waals surface area contributed by atoms with Crippen LogP contribution < -0.4 is 5.32 Å². The molecule has 18 heavy (non-hydrogen) atoms. The lowest BCUT2D eigenvalue weighted by molar-refractivity contribution is 0.244. The van der Waals surface area contributed by atoms with Crippen molar-refractivity contribution in [3.63, 3.8) is 0 Å². The van der Waals surface area contributed by atoms with Crippen LogP contribution in [0.1, 0.15) is 37.7 Å². The minimum Gasteiger partial charge on any atom is -0.319 e. The zero-order valence-electron chi connectivity index (χ0n) is 11.0. The normalized spacial score (nSPS) is 28.3. The highest BCUT2D eigenvalue weighted by atomic mass is 19.2. The molecule has 1 fully saturated rings. The Balaban J connectivity index is 2.23. The van der Waals surface area contributed by atoms with E-state index in [1.54, 1.807) is 6.07 Å².